The molecule has 0 bridgehead atoms. The standard InChI is InChI=1S/C13H13NO2/c1-9-7-11(10(2)16-9)8-14-12-3-5-13(15)6-4-12/h3-8,15H,1-2H3. The summed E-state index contributed by atoms with van der Waals surface area (Å²) in [5.74, 6) is 1.99. The number of hydrogen-bond donors (Lipinski definition) is 1. The number of phenols is 1. The molecule has 1 aromatic heterocycles. The van der Waals surface area contributed by atoms with E-state index < -0.39 is 0 Å². The molecular weight excluding hydrogens is 202 g/mol. The quantitative estimate of drug-likeness (QED) is 0.781. The van der Waals surface area contributed by atoms with Gasteiger partial charge in [0.15, 0.2) is 0 Å². The molecule has 0 aliphatic carbocycles. The van der Waals surface area contributed by atoms with Crippen LogP contribution in [0.5, 0.6) is 5.75 Å². The summed E-state index contributed by atoms with van der Waals surface area (Å²) in [7, 11) is 0. The molecule has 2 aromatic rings. The second-order valence-corrected chi connectivity index (χ2v) is 3.64. The molecule has 0 aliphatic rings. The van der Waals surface area contributed by atoms with E-state index in [1.165, 1.54) is 0 Å². The highest BCUT2D eigenvalue weighted by molar-refractivity contribution is 5.83. The van der Waals surface area contributed by atoms with Gasteiger partial charge >= 0.3 is 0 Å². The van der Waals surface area contributed by atoms with Gasteiger partial charge in [0.1, 0.15) is 17.3 Å². The van der Waals surface area contributed by atoms with E-state index in [-0.39, 0.29) is 5.75 Å². The van der Waals surface area contributed by atoms with Gasteiger partial charge < -0.3 is 9.52 Å². The molecule has 0 amide bonds. The molecule has 1 aromatic carbocycles. The van der Waals surface area contributed by atoms with Crippen molar-refractivity contribution in [2.45, 2.75) is 13.8 Å². The fourth-order valence-electron chi connectivity index (χ4n) is 1.46. The Bertz CT molecular complexity index is 509. The summed E-state index contributed by atoms with van der Waals surface area (Å²) in [4.78, 5) is 4.30. The summed E-state index contributed by atoms with van der Waals surface area (Å²) >= 11 is 0. The minimum absolute atomic E-state index is 0.245. The van der Waals surface area contributed by atoms with E-state index in [9.17, 15) is 0 Å². The van der Waals surface area contributed by atoms with Gasteiger partial charge in [0.25, 0.3) is 0 Å². The number of furan rings is 1. The molecule has 1 heterocycles. The smallest absolute Gasteiger partial charge is 0.115 e. The third kappa shape index (κ3) is 2.31. The van der Waals surface area contributed by atoms with Gasteiger partial charge in [0.2, 0.25) is 0 Å². The Morgan fingerprint density at radius 2 is 1.88 bits per heavy atom. The monoisotopic (exact) mass is 215 g/mol. The Hall–Kier alpha value is -2.03. The van der Waals surface area contributed by atoms with E-state index in [0.717, 1.165) is 22.8 Å². The van der Waals surface area contributed by atoms with Crippen LogP contribution in [0.4, 0.5) is 5.69 Å². The first-order valence-electron chi connectivity index (χ1n) is 5.05. The Labute approximate surface area is 94.1 Å². The fourth-order valence-corrected chi connectivity index (χ4v) is 1.46. The average molecular weight is 215 g/mol. The maximum absolute atomic E-state index is 9.12. The molecular formula is C13H13NO2. The zero-order chi connectivity index (χ0) is 11.5. The summed E-state index contributed by atoms with van der Waals surface area (Å²) in [5, 5.41) is 9.12. The van der Waals surface area contributed by atoms with Crippen molar-refractivity contribution < 1.29 is 9.52 Å². The molecule has 0 atom stereocenters. The summed E-state index contributed by atoms with van der Waals surface area (Å²) < 4.78 is 5.39. The first kappa shape index (κ1) is 10.5. The van der Waals surface area contributed by atoms with Crippen LogP contribution < -0.4 is 0 Å². The summed E-state index contributed by atoms with van der Waals surface area (Å²) in [5.41, 5.74) is 1.78. The van der Waals surface area contributed by atoms with Crippen molar-refractivity contribution in [3.05, 3.63) is 47.4 Å². The van der Waals surface area contributed by atoms with Crippen LogP contribution in [-0.4, -0.2) is 11.3 Å². The van der Waals surface area contributed by atoms with E-state index in [0.29, 0.717) is 0 Å². The van der Waals surface area contributed by atoms with Gasteiger partial charge in [-0.25, -0.2) is 0 Å². The molecule has 16 heavy (non-hydrogen) atoms. The zero-order valence-corrected chi connectivity index (χ0v) is 9.27. The number of rotatable bonds is 2. The third-order valence-electron chi connectivity index (χ3n) is 2.28. The van der Waals surface area contributed by atoms with Crippen LogP contribution in [0.3, 0.4) is 0 Å². The van der Waals surface area contributed by atoms with Crippen LogP contribution in [0.25, 0.3) is 0 Å². The predicted octanol–water partition coefficient (Wildman–Crippen LogP) is 3.35. The average Bonchev–Trinajstić information content (AvgIpc) is 2.57. The molecule has 0 unspecified atom stereocenters. The van der Waals surface area contributed by atoms with Crippen molar-refractivity contribution in [1.29, 1.82) is 0 Å². The number of hydrogen-bond acceptors (Lipinski definition) is 3. The third-order valence-corrected chi connectivity index (χ3v) is 2.28. The number of aliphatic imine (C=N–C) groups is 1. The normalized spacial score (nSPS) is 11.1. The van der Waals surface area contributed by atoms with Gasteiger partial charge in [-0.2, -0.15) is 0 Å². The van der Waals surface area contributed by atoms with Crippen molar-refractivity contribution in [1.82, 2.24) is 0 Å². The molecule has 82 valence electrons. The number of aryl methyl sites for hydroxylation is 2. The Morgan fingerprint density at radius 1 is 1.19 bits per heavy atom. The fraction of sp³-hybridized carbons (Fsp3) is 0.154. The SMILES string of the molecule is Cc1cc(C=Nc2ccc(O)cc2)c(C)o1. The maximum atomic E-state index is 9.12. The highest BCUT2D eigenvalue weighted by Crippen LogP contribution is 2.17. The topological polar surface area (TPSA) is 45.7 Å². The molecule has 0 saturated heterocycles. The Morgan fingerprint density at radius 3 is 2.44 bits per heavy atom. The molecule has 1 N–H and O–H groups in total. The van der Waals surface area contributed by atoms with Crippen LogP contribution in [0.15, 0.2) is 39.7 Å². The number of aromatic hydroxyl groups is 1. The van der Waals surface area contributed by atoms with Crippen LogP contribution in [0, 0.1) is 13.8 Å². The van der Waals surface area contributed by atoms with Gasteiger partial charge in [0.05, 0.1) is 5.69 Å². The maximum Gasteiger partial charge on any atom is 0.115 e. The molecule has 3 nitrogen and oxygen atoms in total. The predicted molar refractivity (Wildman–Crippen MR) is 63.5 cm³/mol. The van der Waals surface area contributed by atoms with Gasteiger partial charge in [-0.1, -0.05) is 0 Å². The molecule has 0 radical (unpaired) electrons. The van der Waals surface area contributed by atoms with Gasteiger partial charge in [0, 0.05) is 11.8 Å². The lowest BCUT2D eigenvalue weighted by molar-refractivity contribution is 0.475. The number of benzene rings is 1. The van der Waals surface area contributed by atoms with Crippen molar-refractivity contribution in [3.8, 4) is 5.75 Å². The van der Waals surface area contributed by atoms with E-state index >= 15 is 0 Å². The lowest BCUT2D eigenvalue weighted by Gasteiger charge is -1.93. The van der Waals surface area contributed by atoms with Crippen molar-refractivity contribution in [3.63, 3.8) is 0 Å². The number of phenolic OH excluding ortho intramolecular Hbond substituents is 1. The summed E-state index contributed by atoms with van der Waals surface area (Å²) in [6, 6.07) is 8.68. The molecule has 0 saturated carbocycles. The second-order valence-electron chi connectivity index (χ2n) is 3.64. The lowest BCUT2D eigenvalue weighted by atomic mass is 10.2. The first-order chi connectivity index (χ1) is 7.65. The van der Waals surface area contributed by atoms with Crippen molar-refractivity contribution >= 4 is 11.9 Å². The lowest BCUT2D eigenvalue weighted by Crippen LogP contribution is -1.78. The zero-order valence-electron chi connectivity index (χ0n) is 9.27. The molecule has 0 spiro atoms. The molecule has 0 fully saturated rings. The van der Waals surface area contributed by atoms with Gasteiger partial charge in [-0.05, 0) is 44.2 Å². The van der Waals surface area contributed by atoms with Crippen molar-refractivity contribution in [2.24, 2.45) is 4.99 Å². The number of nitrogens with zero attached hydrogens (tertiary/aromatic N) is 1. The summed E-state index contributed by atoms with van der Waals surface area (Å²) in [6.07, 6.45) is 1.76. The van der Waals surface area contributed by atoms with Gasteiger partial charge in [-0.15, -0.1) is 0 Å². The van der Waals surface area contributed by atoms with Crippen molar-refractivity contribution in [2.75, 3.05) is 0 Å². The van der Waals surface area contributed by atoms with E-state index in [4.69, 9.17) is 9.52 Å². The summed E-state index contributed by atoms with van der Waals surface area (Å²) in [6.45, 7) is 3.82. The minimum Gasteiger partial charge on any atom is -0.508 e. The Kier molecular flexibility index (Phi) is 2.77. The minimum atomic E-state index is 0.245. The molecule has 0 aliphatic heterocycles. The van der Waals surface area contributed by atoms with Crippen LogP contribution in [0.1, 0.15) is 17.1 Å². The van der Waals surface area contributed by atoms with Crippen LogP contribution in [-0.2, 0) is 0 Å². The highest BCUT2D eigenvalue weighted by atomic mass is 16.3. The van der Waals surface area contributed by atoms with E-state index in [1.807, 2.05) is 19.9 Å². The van der Waals surface area contributed by atoms with Crippen LogP contribution >= 0.6 is 0 Å². The highest BCUT2D eigenvalue weighted by Gasteiger charge is 2.00. The van der Waals surface area contributed by atoms with E-state index in [1.54, 1.807) is 30.5 Å². The largest absolute Gasteiger partial charge is 0.508 e. The van der Waals surface area contributed by atoms with E-state index in [2.05, 4.69) is 4.99 Å². The first-order valence-corrected chi connectivity index (χ1v) is 5.05. The van der Waals surface area contributed by atoms with Gasteiger partial charge in [-0.3, -0.25) is 4.99 Å². The second kappa shape index (κ2) is 4.23. The molecule has 2 rings (SSSR count). The molecule has 3 heteroatoms. The van der Waals surface area contributed by atoms with Crippen LogP contribution in [0.2, 0.25) is 0 Å². The Balaban J connectivity index is 2.21.